The molecule has 0 radical (unpaired) electrons. The molecule has 0 aliphatic carbocycles. The number of halogens is 2. The maximum atomic E-state index is 12.4. The minimum absolute atomic E-state index is 0.311. The van der Waals surface area contributed by atoms with Crippen LogP contribution in [0.3, 0.4) is 0 Å². The van der Waals surface area contributed by atoms with Crippen molar-refractivity contribution in [2.45, 2.75) is 6.17 Å². The van der Waals surface area contributed by atoms with Gasteiger partial charge in [-0.05, 0) is 0 Å². The van der Waals surface area contributed by atoms with Crippen LogP contribution in [0.4, 0.5) is 14.7 Å². The molecule has 0 bridgehead atoms. The summed E-state index contributed by atoms with van der Waals surface area (Å²) in [6.07, 6.45) is 1.36. The summed E-state index contributed by atoms with van der Waals surface area (Å²) in [6, 6.07) is 0. The molecule has 0 unspecified atom stereocenters. The van der Waals surface area contributed by atoms with Gasteiger partial charge in [0.25, 0.3) is 0 Å². The minimum atomic E-state index is -0.793. The van der Waals surface area contributed by atoms with Crippen LogP contribution < -0.4 is 4.90 Å². The fourth-order valence-electron chi connectivity index (χ4n) is 1.06. The molecule has 1 aliphatic heterocycles. The Kier molecular flexibility index (Phi) is 1.64. The van der Waals surface area contributed by atoms with Crippen LogP contribution in [0, 0.1) is 5.82 Å². The van der Waals surface area contributed by atoms with Crippen molar-refractivity contribution in [1.82, 2.24) is 9.97 Å². The first-order chi connectivity index (χ1) is 5.75. The van der Waals surface area contributed by atoms with Crippen LogP contribution in [0.1, 0.15) is 0 Å². The van der Waals surface area contributed by atoms with E-state index in [4.69, 9.17) is 0 Å². The summed E-state index contributed by atoms with van der Waals surface area (Å²) in [5.74, 6) is -0.0821. The predicted molar refractivity (Wildman–Crippen MR) is 39.1 cm³/mol. The van der Waals surface area contributed by atoms with Crippen molar-refractivity contribution in [1.29, 1.82) is 0 Å². The fraction of sp³-hybridized carbons (Fsp3) is 0.429. The van der Waals surface area contributed by atoms with Crippen LogP contribution in [-0.4, -0.2) is 29.2 Å². The van der Waals surface area contributed by atoms with Gasteiger partial charge in [-0.2, -0.15) is 0 Å². The minimum Gasteiger partial charge on any atom is -0.335 e. The molecule has 1 aromatic heterocycles. The molecule has 5 heteroatoms. The fourth-order valence-corrected chi connectivity index (χ4v) is 1.06. The van der Waals surface area contributed by atoms with Gasteiger partial charge < -0.3 is 4.90 Å². The van der Waals surface area contributed by atoms with E-state index in [9.17, 15) is 8.78 Å². The smallest absolute Gasteiger partial charge is 0.225 e. The van der Waals surface area contributed by atoms with Crippen molar-refractivity contribution >= 4 is 5.95 Å². The molecular weight excluding hydrogens is 164 g/mol. The van der Waals surface area contributed by atoms with Crippen LogP contribution in [0.25, 0.3) is 0 Å². The summed E-state index contributed by atoms with van der Waals surface area (Å²) in [7, 11) is 0. The molecule has 0 amide bonds. The summed E-state index contributed by atoms with van der Waals surface area (Å²) in [5.41, 5.74) is 0. The molecule has 1 aliphatic rings. The molecule has 0 N–H and O–H groups in total. The van der Waals surface area contributed by atoms with E-state index in [0.29, 0.717) is 19.0 Å². The van der Waals surface area contributed by atoms with Gasteiger partial charge in [-0.15, -0.1) is 0 Å². The van der Waals surface area contributed by atoms with E-state index in [2.05, 4.69) is 9.97 Å². The van der Waals surface area contributed by atoms with Gasteiger partial charge in [0.05, 0.1) is 25.5 Å². The number of anilines is 1. The highest BCUT2D eigenvalue weighted by Gasteiger charge is 2.27. The Bertz CT molecular complexity index is 268. The highest BCUT2D eigenvalue weighted by atomic mass is 19.1. The molecule has 0 spiro atoms. The predicted octanol–water partition coefficient (Wildman–Crippen LogP) is 0.774. The average molecular weight is 171 g/mol. The van der Waals surface area contributed by atoms with Gasteiger partial charge in [0.2, 0.25) is 5.95 Å². The third-order valence-electron chi connectivity index (χ3n) is 1.73. The maximum absolute atomic E-state index is 12.4. The van der Waals surface area contributed by atoms with Gasteiger partial charge >= 0.3 is 0 Å². The number of nitrogens with zero attached hydrogens (tertiary/aromatic N) is 3. The Morgan fingerprint density at radius 2 is 1.92 bits per heavy atom. The van der Waals surface area contributed by atoms with E-state index in [1.807, 2.05) is 0 Å². The molecule has 0 aromatic carbocycles. The van der Waals surface area contributed by atoms with Crippen molar-refractivity contribution in [2.24, 2.45) is 0 Å². The van der Waals surface area contributed by atoms with E-state index in [-0.39, 0.29) is 0 Å². The molecule has 1 aromatic rings. The molecule has 2 rings (SSSR count). The molecule has 0 saturated carbocycles. The number of rotatable bonds is 1. The standard InChI is InChI=1S/C7H7F2N3/c8-5-1-10-7(11-2-5)12-3-6(9)4-12/h1-2,6H,3-4H2. The van der Waals surface area contributed by atoms with Crippen LogP contribution >= 0.6 is 0 Å². The van der Waals surface area contributed by atoms with E-state index < -0.39 is 12.0 Å². The van der Waals surface area contributed by atoms with Gasteiger partial charge in [-0.25, -0.2) is 18.7 Å². The second kappa shape index (κ2) is 2.66. The summed E-state index contributed by atoms with van der Waals surface area (Å²) in [4.78, 5) is 9.07. The SMILES string of the molecule is Fc1cnc(N2CC(F)C2)nc1. The van der Waals surface area contributed by atoms with Crippen LogP contribution in [0.2, 0.25) is 0 Å². The largest absolute Gasteiger partial charge is 0.335 e. The van der Waals surface area contributed by atoms with Crippen LogP contribution in [-0.2, 0) is 0 Å². The van der Waals surface area contributed by atoms with Gasteiger partial charge in [0, 0.05) is 0 Å². The third kappa shape index (κ3) is 1.22. The van der Waals surface area contributed by atoms with Gasteiger partial charge in [-0.3, -0.25) is 0 Å². The molecule has 1 fully saturated rings. The Morgan fingerprint density at radius 3 is 2.42 bits per heavy atom. The Balaban J connectivity index is 2.09. The molecule has 64 valence electrons. The van der Waals surface area contributed by atoms with Crippen molar-refractivity contribution in [3.8, 4) is 0 Å². The lowest BCUT2D eigenvalue weighted by Gasteiger charge is -2.33. The molecular formula is C7H7F2N3. The number of aromatic nitrogens is 2. The normalized spacial score (nSPS) is 17.7. The first kappa shape index (κ1) is 7.39. The van der Waals surface area contributed by atoms with Gasteiger partial charge in [0.1, 0.15) is 6.17 Å². The van der Waals surface area contributed by atoms with E-state index in [0.717, 1.165) is 12.4 Å². The van der Waals surface area contributed by atoms with Crippen LogP contribution in [0.5, 0.6) is 0 Å². The molecule has 3 nitrogen and oxygen atoms in total. The lowest BCUT2D eigenvalue weighted by molar-refractivity contribution is 0.272. The van der Waals surface area contributed by atoms with Crippen LogP contribution in [0.15, 0.2) is 12.4 Å². The summed E-state index contributed by atoms with van der Waals surface area (Å²) in [5, 5.41) is 0. The highest BCUT2D eigenvalue weighted by Crippen LogP contribution is 2.17. The van der Waals surface area contributed by atoms with Crippen molar-refractivity contribution < 1.29 is 8.78 Å². The summed E-state index contributed by atoms with van der Waals surface area (Å²) < 4.78 is 24.7. The second-order valence-electron chi connectivity index (χ2n) is 2.70. The summed E-state index contributed by atoms with van der Waals surface area (Å²) >= 11 is 0. The maximum Gasteiger partial charge on any atom is 0.225 e. The van der Waals surface area contributed by atoms with Crippen molar-refractivity contribution in [2.75, 3.05) is 18.0 Å². The Hall–Kier alpha value is -1.26. The van der Waals surface area contributed by atoms with Crippen molar-refractivity contribution in [3.63, 3.8) is 0 Å². The number of hydrogen-bond acceptors (Lipinski definition) is 3. The number of hydrogen-bond donors (Lipinski definition) is 0. The van der Waals surface area contributed by atoms with E-state index >= 15 is 0 Å². The van der Waals surface area contributed by atoms with E-state index in [1.54, 1.807) is 4.90 Å². The Labute approximate surface area is 68.1 Å². The quantitative estimate of drug-likeness (QED) is 0.625. The van der Waals surface area contributed by atoms with E-state index in [1.165, 1.54) is 0 Å². The first-order valence-electron chi connectivity index (χ1n) is 3.62. The van der Waals surface area contributed by atoms with Crippen molar-refractivity contribution in [3.05, 3.63) is 18.2 Å². The number of alkyl halides is 1. The van der Waals surface area contributed by atoms with Gasteiger partial charge in [-0.1, -0.05) is 0 Å². The zero-order valence-electron chi connectivity index (χ0n) is 6.24. The molecule has 12 heavy (non-hydrogen) atoms. The lowest BCUT2D eigenvalue weighted by atomic mass is 10.2. The topological polar surface area (TPSA) is 29.0 Å². The third-order valence-corrected chi connectivity index (χ3v) is 1.73. The highest BCUT2D eigenvalue weighted by molar-refractivity contribution is 5.33. The zero-order valence-corrected chi connectivity index (χ0v) is 6.24. The zero-order chi connectivity index (χ0) is 8.55. The molecule has 0 atom stereocenters. The summed E-state index contributed by atoms with van der Waals surface area (Å²) in [6.45, 7) is 0.622. The molecule has 2 heterocycles. The first-order valence-corrected chi connectivity index (χ1v) is 3.62. The van der Waals surface area contributed by atoms with Gasteiger partial charge in [0.15, 0.2) is 5.82 Å². The lowest BCUT2D eigenvalue weighted by Crippen LogP contribution is -2.49. The Morgan fingerprint density at radius 1 is 1.33 bits per heavy atom. The monoisotopic (exact) mass is 171 g/mol. The second-order valence-corrected chi connectivity index (χ2v) is 2.70. The molecule has 1 saturated heterocycles. The average Bonchev–Trinajstić information content (AvgIpc) is 2.01.